The van der Waals surface area contributed by atoms with Crippen LogP contribution in [-0.4, -0.2) is 102 Å². The molecule has 24 nitrogen and oxygen atoms in total. The van der Waals surface area contributed by atoms with Gasteiger partial charge in [0.2, 0.25) is 0 Å². The van der Waals surface area contributed by atoms with Gasteiger partial charge >= 0.3 is 20.2 Å². The molecule has 4 fully saturated rings. The van der Waals surface area contributed by atoms with Gasteiger partial charge in [0.25, 0.3) is 66.1 Å². The van der Waals surface area contributed by atoms with Crippen LogP contribution in [0.5, 0.6) is 0 Å². The van der Waals surface area contributed by atoms with Crippen molar-refractivity contribution < 1.29 is 70.0 Å². The number of hydrogen-bond acceptors (Lipinski definition) is 20. The predicted molar refractivity (Wildman–Crippen MR) is 186 cm³/mol. The van der Waals surface area contributed by atoms with Crippen LogP contribution in [0, 0.1) is 35.5 Å². The number of hydroxylamine groups is 4. The van der Waals surface area contributed by atoms with Gasteiger partial charge in [0.1, 0.15) is 0 Å². The predicted octanol–water partition coefficient (Wildman–Crippen LogP) is -4.54. The van der Waals surface area contributed by atoms with Crippen LogP contribution in [0.15, 0.2) is 43.4 Å². The minimum absolute atomic E-state index is 0.102. The highest BCUT2D eigenvalue weighted by atomic mass is 32.2. The number of carbonyl (C=O) groups excluding carboxylic acids is 4. The Bertz CT molecular complexity index is 2880. The Morgan fingerprint density at radius 2 is 0.649 bits per heavy atom. The molecule has 2 aromatic heterocycles. The lowest BCUT2D eigenvalue weighted by Gasteiger charge is -2.27. The second-order valence-corrected chi connectivity index (χ2v) is 19.9. The van der Waals surface area contributed by atoms with Crippen LogP contribution in [0.3, 0.4) is 0 Å². The third-order valence-electron chi connectivity index (χ3n) is 9.72. The molecule has 4 unspecified atom stereocenters. The Morgan fingerprint density at radius 1 is 0.421 bits per heavy atom. The van der Waals surface area contributed by atoms with E-state index in [1.165, 1.54) is 24.3 Å². The first-order chi connectivity index (χ1) is 26.1. The highest BCUT2D eigenvalue weighted by molar-refractivity contribution is 7.86. The lowest BCUT2D eigenvalue weighted by Crippen LogP contribution is -2.37. The summed E-state index contributed by atoms with van der Waals surface area (Å²) in [6.45, 7) is 0. The first kappa shape index (κ1) is 39.8. The largest absolute Gasteiger partial charge is 0.324 e. The lowest BCUT2D eigenvalue weighted by atomic mass is 9.70. The van der Waals surface area contributed by atoms with Gasteiger partial charge in [-0.15, -0.1) is 18.7 Å². The number of fused-ring (bicyclic) bond motifs is 11. The Labute approximate surface area is 317 Å². The minimum atomic E-state index is -4.16. The van der Waals surface area contributed by atoms with Gasteiger partial charge < -0.3 is 0 Å². The van der Waals surface area contributed by atoms with E-state index in [1.54, 1.807) is 0 Å². The monoisotopic (exact) mass is 876 g/mol. The Hall–Kier alpha value is -5.42. The first-order valence-corrected chi connectivity index (χ1v) is 23.1. The van der Waals surface area contributed by atoms with E-state index in [1.807, 2.05) is 0 Å². The molecule has 57 heavy (non-hydrogen) atoms. The fourth-order valence-electron chi connectivity index (χ4n) is 8.02. The van der Waals surface area contributed by atoms with Crippen molar-refractivity contribution in [2.45, 2.75) is 6.42 Å². The standard InChI is InChI=1S/C16H10N2O10S2.C13H14N2O10S2/c1-29(23,24)27-17-13(19)9-3-7-5-11-12(6-8(7)4-10(9)14(17)20)16(22)18(15(11)21)28-30(2,25)26;1-26(20,21)24-14-10(16)6-4-3-5(7(6)11(14)17)9-8(4)12(18)15(13(9)19)25-27(2,22)23/h3-6H,1-2H3;4-9H,3H2,1-2H3. The van der Waals surface area contributed by atoms with Crippen molar-refractivity contribution in [1.82, 2.24) is 19.6 Å². The van der Waals surface area contributed by atoms with E-state index in [0.29, 0.717) is 25.0 Å². The zero-order valence-corrected chi connectivity index (χ0v) is 32.3. The van der Waals surface area contributed by atoms with Crippen LogP contribution in [-0.2, 0) is 68.2 Å². The van der Waals surface area contributed by atoms with Crippen molar-refractivity contribution in [2.24, 2.45) is 35.5 Å². The third-order valence-corrected chi connectivity index (χ3v) is 11.4. The van der Waals surface area contributed by atoms with Crippen molar-refractivity contribution in [1.29, 1.82) is 0 Å². The van der Waals surface area contributed by atoms with Gasteiger partial charge in [0.15, 0.2) is 0 Å². The average molecular weight is 877 g/mol. The molecular weight excluding hydrogens is 853 g/mol. The van der Waals surface area contributed by atoms with Gasteiger partial charge in [-0.05, 0) is 53.3 Å². The molecule has 2 aromatic carbocycles. The summed E-state index contributed by atoms with van der Waals surface area (Å²) in [6.07, 6.45) is 2.94. The second-order valence-electron chi connectivity index (χ2n) is 13.7. The highest BCUT2D eigenvalue weighted by Gasteiger charge is 2.74. The topological polar surface area (TPSA) is 326 Å². The van der Waals surface area contributed by atoms with E-state index in [9.17, 15) is 72.0 Å². The maximum Gasteiger partial charge on any atom is 0.324 e. The minimum Gasteiger partial charge on any atom is -0.281 e. The number of imide groups is 2. The molecule has 4 amide bonds. The fraction of sp³-hybridized carbons (Fsp3) is 0.379. The third kappa shape index (κ3) is 6.59. The SMILES string of the molecule is CS(=O)(=O)ON1C(=O)C2C3CC(C2C1=O)C1C(=O)N(OS(C)(=O)=O)C(=O)C31.CS(=O)(=O)On1c(=O)c2cc3cc4c(=O)n(OS(C)(=O)=O)c(=O)c4cc3cc2c1=O. The van der Waals surface area contributed by atoms with Crippen LogP contribution < -0.4 is 30.8 Å². The van der Waals surface area contributed by atoms with Crippen LogP contribution in [0.2, 0.25) is 0 Å². The summed E-state index contributed by atoms with van der Waals surface area (Å²) in [4.78, 5) is 99.7. The maximum atomic E-state index is 12.5. The molecule has 4 heterocycles. The normalized spacial score (nSPS) is 24.8. The number of carbonyl (C=O) groups is 4. The van der Waals surface area contributed by atoms with E-state index in [2.05, 4.69) is 17.1 Å². The average Bonchev–Trinajstić information content (AvgIpc) is 3.86. The molecule has 0 spiro atoms. The van der Waals surface area contributed by atoms with E-state index in [0.717, 1.165) is 0 Å². The molecule has 2 bridgehead atoms. The van der Waals surface area contributed by atoms with Crippen molar-refractivity contribution in [3.05, 3.63) is 65.7 Å². The molecular formula is C29H24N4O20S4. The summed E-state index contributed by atoms with van der Waals surface area (Å²) in [5, 5.41) is 0.215. The summed E-state index contributed by atoms with van der Waals surface area (Å²) >= 11 is 0. The van der Waals surface area contributed by atoms with E-state index < -0.39 is 122 Å². The van der Waals surface area contributed by atoms with Crippen LogP contribution in [0.1, 0.15) is 6.42 Å². The Kier molecular flexibility index (Phi) is 8.76. The van der Waals surface area contributed by atoms with Gasteiger partial charge in [-0.1, -0.05) is 9.46 Å². The molecule has 0 radical (unpaired) electrons. The molecule has 2 aliphatic heterocycles. The number of benzene rings is 2. The molecule has 4 aliphatic rings. The summed E-state index contributed by atoms with van der Waals surface area (Å²) in [6, 6.07) is 4.92. The smallest absolute Gasteiger partial charge is 0.281 e. The summed E-state index contributed by atoms with van der Waals surface area (Å²) in [5.41, 5.74) is -4.08. The fourth-order valence-corrected chi connectivity index (χ4v) is 9.67. The zero-order valence-electron chi connectivity index (χ0n) is 29.1. The van der Waals surface area contributed by atoms with Crippen LogP contribution in [0.4, 0.5) is 0 Å². The van der Waals surface area contributed by atoms with Gasteiger partial charge in [-0.25, -0.2) is 0 Å². The van der Waals surface area contributed by atoms with Crippen LogP contribution >= 0.6 is 0 Å². The number of amides is 4. The van der Waals surface area contributed by atoms with Crippen molar-refractivity contribution in [2.75, 3.05) is 25.0 Å². The molecule has 2 saturated heterocycles. The number of nitrogens with zero attached hydrogens (tertiary/aromatic N) is 4. The molecule has 8 rings (SSSR count). The van der Waals surface area contributed by atoms with E-state index in [4.69, 9.17) is 0 Å². The van der Waals surface area contributed by atoms with Crippen molar-refractivity contribution in [3.63, 3.8) is 0 Å². The molecule has 2 saturated carbocycles. The molecule has 2 aliphatic carbocycles. The molecule has 28 heteroatoms. The number of aromatic nitrogens is 2. The molecule has 4 aromatic rings. The zero-order chi connectivity index (χ0) is 42.2. The number of rotatable bonds is 8. The first-order valence-electron chi connectivity index (χ1n) is 15.8. The second kappa shape index (κ2) is 12.5. The lowest BCUT2D eigenvalue weighted by molar-refractivity contribution is -0.168. The van der Waals surface area contributed by atoms with E-state index in [-0.39, 0.29) is 58.3 Å². The van der Waals surface area contributed by atoms with Crippen LogP contribution in [0.25, 0.3) is 32.3 Å². The van der Waals surface area contributed by atoms with Crippen molar-refractivity contribution in [3.8, 4) is 0 Å². The van der Waals surface area contributed by atoms with Gasteiger partial charge in [0, 0.05) is 0 Å². The Balaban J connectivity index is 0.000000175. The van der Waals surface area contributed by atoms with Gasteiger partial charge in [-0.2, -0.15) is 33.7 Å². The summed E-state index contributed by atoms with van der Waals surface area (Å²) in [7, 11) is -16.6. The highest BCUT2D eigenvalue weighted by Crippen LogP contribution is 2.63. The molecule has 0 N–H and O–H groups in total. The van der Waals surface area contributed by atoms with Crippen molar-refractivity contribution >= 4 is 96.4 Å². The number of hydrogen-bond donors (Lipinski definition) is 0. The quantitative estimate of drug-likeness (QED) is 0.150. The molecule has 4 atom stereocenters. The molecule has 304 valence electrons. The summed E-state index contributed by atoms with van der Waals surface area (Å²) in [5.74, 6) is -8.96. The van der Waals surface area contributed by atoms with Gasteiger partial charge in [0.05, 0.1) is 70.2 Å². The van der Waals surface area contributed by atoms with Gasteiger partial charge in [-0.3, -0.25) is 46.9 Å². The Morgan fingerprint density at radius 3 is 0.860 bits per heavy atom. The maximum absolute atomic E-state index is 12.5. The van der Waals surface area contributed by atoms with E-state index >= 15 is 0 Å². The summed E-state index contributed by atoms with van der Waals surface area (Å²) < 4.78 is 108.